The highest BCUT2D eigenvalue weighted by Gasteiger charge is 2.25. The maximum Gasteiger partial charge on any atom is 0.0701 e. The Bertz CT molecular complexity index is 209. The van der Waals surface area contributed by atoms with Crippen LogP contribution in [-0.2, 0) is 4.74 Å². The lowest BCUT2D eigenvalue weighted by Crippen LogP contribution is -2.39. The number of hydrogen-bond donors (Lipinski definition) is 0. The van der Waals surface area contributed by atoms with Gasteiger partial charge in [-0.2, -0.15) is 0 Å². The lowest BCUT2D eigenvalue weighted by Gasteiger charge is -2.34. The van der Waals surface area contributed by atoms with Crippen molar-refractivity contribution in [1.82, 2.24) is 4.90 Å². The molecular formula is C14H28BrNO. The molecule has 3 heteroatoms. The molecule has 17 heavy (non-hydrogen) atoms. The molecule has 1 fully saturated rings. The third-order valence-corrected chi connectivity index (χ3v) is 4.51. The van der Waals surface area contributed by atoms with E-state index in [9.17, 15) is 0 Å². The van der Waals surface area contributed by atoms with Gasteiger partial charge >= 0.3 is 0 Å². The van der Waals surface area contributed by atoms with E-state index in [1.54, 1.807) is 0 Å². The van der Waals surface area contributed by atoms with Crippen molar-refractivity contribution in [3.05, 3.63) is 0 Å². The van der Waals surface area contributed by atoms with Crippen molar-refractivity contribution < 1.29 is 4.74 Å². The molecule has 1 saturated heterocycles. The summed E-state index contributed by atoms with van der Waals surface area (Å²) < 4.78 is 5.80. The summed E-state index contributed by atoms with van der Waals surface area (Å²) in [5.74, 6) is 0.691. The average Bonchev–Trinajstić information content (AvgIpc) is 2.25. The molecule has 102 valence electrons. The van der Waals surface area contributed by atoms with Crippen molar-refractivity contribution in [2.75, 3.05) is 32.1 Å². The van der Waals surface area contributed by atoms with Crippen LogP contribution >= 0.6 is 15.9 Å². The number of rotatable bonds is 5. The summed E-state index contributed by atoms with van der Waals surface area (Å²) in [5.41, 5.74) is 0.366. The Morgan fingerprint density at radius 3 is 2.53 bits per heavy atom. The minimum absolute atomic E-state index is 0.366. The van der Waals surface area contributed by atoms with Gasteiger partial charge in [0.2, 0.25) is 0 Å². The van der Waals surface area contributed by atoms with Crippen LogP contribution in [0.25, 0.3) is 0 Å². The maximum atomic E-state index is 5.80. The zero-order chi connectivity index (χ0) is 12.9. The summed E-state index contributed by atoms with van der Waals surface area (Å²) in [7, 11) is 2.22. The number of ether oxygens (including phenoxy) is 1. The van der Waals surface area contributed by atoms with Gasteiger partial charge in [0.15, 0.2) is 0 Å². The highest BCUT2D eigenvalue weighted by Crippen LogP contribution is 2.28. The lowest BCUT2D eigenvalue weighted by atomic mass is 9.82. The van der Waals surface area contributed by atoms with Crippen molar-refractivity contribution in [3.63, 3.8) is 0 Å². The Hall–Kier alpha value is 0.400. The Morgan fingerprint density at radius 2 is 2.06 bits per heavy atom. The second-order valence-corrected chi connectivity index (χ2v) is 7.07. The third kappa shape index (κ3) is 5.71. The molecule has 2 nitrogen and oxygen atoms in total. The Labute approximate surface area is 115 Å². The molecule has 0 aliphatic carbocycles. The normalized spacial score (nSPS) is 24.0. The van der Waals surface area contributed by atoms with E-state index < -0.39 is 0 Å². The fourth-order valence-corrected chi connectivity index (χ4v) is 3.48. The fourth-order valence-electron chi connectivity index (χ4n) is 2.30. The molecule has 0 aromatic rings. The summed E-state index contributed by atoms with van der Waals surface area (Å²) in [4.78, 5) is 2.44. The van der Waals surface area contributed by atoms with E-state index in [1.165, 1.54) is 19.3 Å². The van der Waals surface area contributed by atoms with Crippen LogP contribution in [0, 0.1) is 11.3 Å². The lowest BCUT2D eigenvalue weighted by molar-refractivity contribution is -0.00543. The Balaban J connectivity index is 2.34. The molecule has 1 aliphatic rings. The largest absolute Gasteiger partial charge is 0.377 e. The standard InChI is InChI=1S/C14H28BrNO/c1-14(2,3)12(9-15)10-16(4)11-13-7-5-6-8-17-13/h12-13H,5-11H2,1-4H3. The molecular weight excluding hydrogens is 278 g/mol. The first-order chi connectivity index (χ1) is 7.93. The number of nitrogens with zero attached hydrogens (tertiary/aromatic N) is 1. The van der Waals surface area contributed by atoms with E-state index in [0.29, 0.717) is 17.4 Å². The second-order valence-electron chi connectivity index (χ2n) is 6.43. The molecule has 0 bridgehead atoms. The minimum Gasteiger partial charge on any atom is -0.377 e. The SMILES string of the molecule is CN(CC1CCCCO1)CC(CBr)C(C)(C)C. The van der Waals surface area contributed by atoms with Gasteiger partial charge in [0, 0.05) is 25.0 Å². The predicted octanol–water partition coefficient (Wildman–Crippen LogP) is 3.54. The highest BCUT2D eigenvalue weighted by atomic mass is 79.9. The van der Waals surface area contributed by atoms with Gasteiger partial charge in [-0.15, -0.1) is 0 Å². The van der Waals surface area contributed by atoms with E-state index in [4.69, 9.17) is 4.74 Å². The van der Waals surface area contributed by atoms with Crippen LogP contribution in [0.2, 0.25) is 0 Å². The first-order valence-electron chi connectivity index (χ1n) is 6.79. The molecule has 1 rings (SSSR count). The fraction of sp³-hybridized carbons (Fsp3) is 1.00. The maximum absolute atomic E-state index is 5.80. The first kappa shape index (κ1) is 15.5. The quantitative estimate of drug-likeness (QED) is 0.720. The number of likely N-dealkylation sites (N-methyl/N-ethyl adjacent to an activating group) is 1. The third-order valence-electron chi connectivity index (χ3n) is 3.73. The van der Waals surface area contributed by atoms with Gasteiger partial charge in [0.25, 0.3) is 0 Å². The van der Waals surface area contributed by atoms with Gasteiger partial charge in [-0.1, -0.05) is 36.7 Å². The van der Waals surface area contributed by atoms with Gasteiger partial charge in [-0.05, 0) is 37.6 Å². The van der Waals surface area contributed by atoms with Crippen LogP contribution in [0.15, 0.2) is 0 Å². The molecule has 0 saturated carbocycles. The van der Waals surface area contributed by atoms with Crippen LogP contribution in [0.1, 0.15) is 40.0 Å². The number of hydrogen-bond acceptors (Lipinski definition) is 2. The smallest absolute Gasteiger partial charge is 0.0701 e. The van der Waals surface area contributed by atoms with Crippen LogP contribution in [0.3, 0.4) is 0 Å². The second kappa shape index (κ2) is 7.10. The molecule has 0 aromatic carbocycles. The van der Waals surface area contributed by atoms with Crippen molar-refractivity contribution in [1.29, 1.82) is 0 Å². The van der Waals surface area contributed by atoms with E-state index in [1.807, 2.05) is 0 Å². The summed E-state index contributed by atoms with van der Waals surface area (Å²) >= 11 is 3.65. The van der Waals surface area contributed by atoms with E-state index in [2.05, 4.69) is 48.6 Å². The van der Waals surface area contributed by atoms with Crippen LogP contribution in [-0.4, -0.2) is 43.1 Å². The zero-order valence-electron chi connectivity index (χ0n) is 11.8. The summed E-state index contributed by atoms with van der Waals surface area (Å²) in [6.45, 7) is 10.2. The number of halogens is 1. The molecule has 1 aliphatic heterocycles. The topological polar surface area (TPSA) is 12.5 Å². The highest BCUT2D eigenvalue weighted by molar-refractivity contribution is 9.09. The molecule has 1 heterocycles. The summed E-state index contributed by atoms with van der Waals surface area (Å²) in [6, 6.07) is 0. The van der Waals surface area contributed by atoms with Gasteiger partial charge in [0.1, 0.15) is 0 Å². The molecule has 0 radical (unpaired) electrons. The van der Waals surface area contributed by atoms with Crippen molar-refractivity contribution in [3.8, 4) is 0 Å². The van der Waals surface area contributed by atoms with Crippen molar-refractivity contribution in [2.24, 2.45) is 11.3 Å². The van der Waals surface area contributed by atoms with Crippen LogP contribution in [0.4, 0.5) is 0 Å². The molecule has 2 atom stereocenters. The van der Waals surface area contributed by atoms with Gasteiger partial charge in [-0.3, -0.25) is 0 Å². The zero-order valence-corrected chi connectivity index (χ0v) is 13.4. The molecule has 0 amide bonds. The summed E-state index contributed by atoms with van der Waals surface area (Å²) in [5, 5.41) is 1.08. The van der Waals surface area contributed by atoms with Crippen molar-refractivity contribution >= 4 is 15.9 Å². The Morgan fingerprint density at radius 1 is 1.35 bits per heavy atom. The monoisotopic (exact) mass is 305 g/mol. The van der Waals surface area contributed by atoms with E-state index >= 15 is 0 Å². The average molecular weight is 306 g/mol. The first-order valence-corrected chi connectivity index (χ1v) is 7.91. The van der Waals surface area contributed by atoms with Crippen molar-refractivity contribution in [2.45, 2.75) is 46.1 Å². The number of alkyl halides is 1. The molecule has 0 aromatic heterocycles. The molecule has 2 unspecified atom stereocenters. The van der Waals surface area contributed by atoms with Gasteiger partial charge < -0.3 is 9.64 Å². The van der Waals surface area contributed by atoms with E-state index in [0.717, 1.165) is 25.0 Å². The minimum atomic E-state index is 0.366. The molecule has 0 spiro atoms. The predicted molar refractivity (Wildman–Crippen MR) is 77.8 cm³/mol. The van der Waals surface area contributed by atoms with Gasteiger partial charge in [0.05, 0.1) is 6.10 Å². The molecule has 0 N–H and O–H groups in total. The Kier molecular flexibility index (Phi) is 6.46. The van der Waals surface area contributed by atoms with Gasteiger partial charge in [-0.25, -0.2) is 0 Å². The van der Waals surface area contributed by atoms with E-state index in [-0.39, 0.29) is 0 Å². The van der Waals surface area contributed by atoms with Crippen LogP contribution in [0.5, 0.6) is 0 Å². The summed E-state index contributed by atoms with van der Waals surface area (Å²) in [6.07, 6.45) is 4.27. The van der Waals surface area contributed by atoms with Crippen LogP contribution < -0.4 is 0 Å².